The van der Waals surface area contributed by atoms with E-state index in [2.05, 4.69) is 16.1 Å². The second-order valence-corrected chi connectivity index (χ2v) is 6.55. The third-order valence-corrected chi connectivity index (χ3v) is 4.93. The number of carboxylic acid groups (broad SMARTS) is 1. The van der Waals surface area contributed by atoms with Gasteiger partial charge in [0.1, 0.15) is 6.04 Å². The van der Waals surface area contributed by atoms with Crippen molar-refractivity contribution < 1.29 is 14.7 Å². The summed E-state index contributed by atoms with van der Waals surface area (Å²) in [6.45, 7) is 0. The highest BCUT2D eigenvalue weighted by molar-refractivity contribution is 5.85. The summed E-state index contributed by atoms with van der Waals surface area (Å²) in [5, 5.41) is 17.6. The van der Waals surface area contributed by atoms with Gasteiger partial charge in [-0.3, -0.25) is 4.79 Å². The van der Waals surface area contributed by atoms with Crippen molar-refractivity contribution in [3.8, 4) is 12.3 Å². The van der Waals surface area contributed by atoms with Gasteiger partial charge in [-0.05, 0) is 18.4 Å². The molecule has 1 amide bonds. The van der Waals surface area contributed by atoms with E-state index in [1.54, 1.807) is 0 Å². The summed E-state index contributed by atoms with van der Waals surface area (Å²) in [5.74, 6) is 1.46. The average Bonchev–Trinajstić information content (AvgIpc) is 3.25. The summed E-state index contributed by atoms with van der Waals surface area (Å²) >= 11 is 0. The molecule has 0 aromatic heterocycles. The molecule has 2 atom stereocenters. The Kier molecular flexibility index (Phi) is 4.84. The van der Waals surface area contributed by atoms with Crippen LogP contribution in [0.1, 0.15) is 50.1 Å². The van der Waals surface area contributed by atoms with Gasteiger partial charge in [0.15, 0.2) is 5.66 Å². The monoisotopic (exact) mass is 339 g/mol. The molecule has 130 valence electrons. The van der Waals surface area contributed by atoms with Crippen molar-refractivity contribution in [3.63, 3.8) is 0 Å². The van der Waals surface area contributed by atoms with Crippen LogP contribution in [0.4, 0.5) is 0 Å². The van der Waals surface area contributed by atoms with Crippen LogP contribution in [-0.2, 0) is 9.59 Å². The molecule has 0 radical (unpaired) electrons. The normalized spacial score (nSPS) is 23.2. The highest BCUT2D eigenvalue weighted by atomic mass is 16.4. The number of hydrogen-bond donors (Lipinski definition) is 1. The first kappa shape index (κ1) is 17.2. The SMILES string of the molecule is C#CCCC1(CCC(=O)N2C(C(=O)O)CC[C@H]2c2ccccc2)N=N1. The fourth-order valence-electron chi connectivity index (χ4n) is 3.51. The quantitative estimate of drug-likeness (QED) is 0.775. The molecule has 2 aliphatic heterocycles. The summed E-state index contributed by atoms with van der Waals surface area (Å²) < 4.78 is 0. The Balaban J connectivity index is 1.70. The lowest BCUT2D eigenvalue weighted by atomic mass is 10.0. The van der Waals surface area contributed by atoms with Gasteiger partial charge in [-0.15, -0.1) is 12.3 Å². The lowest BCUT2D eigenvalue weighted by Crippen LogP contribution is -2.42. The lowest BCUT2D eigenvalue weighted by Gasteiger charge is -2.29. The van der Waals surface area contributed by atoms with Crippen molar-refractivity contribution in [2.24, 2.45) is 10.2 Å². The molecule has 1 fully saturated rings. The number of carbonyl (C=O) groups is 2. The van der Waals surface area contributed by atoms with Crippen LogP contribution in [-0.4, -0.2) is 33.6 Å². The van der Waals surface area contributed by atoms with E-state index in [4.69, 9.17) is 6.42 Å². The molecule has 0 saturated carbocycles. The summed E-state index contributed by atoms with van der Waals surface area (Å²) in [7, 11) is 0. The molecule has 6 nitrogen and oxygen atoms in total. The Labute approximate surface area is 146 Å². The van der Waals surface area contributed by atoms with E-state index in [0.29, 0.717) is 32.1 Å². The molecule has 3 rings (SSSR count). The van der Waals surface area contributed by atoms with Crippen LogP contribution >= 0.6 is 0 Å². The first-order chi connectivity index (χ1) is 12.1. The molecule has 1 aromatic carbocycles. The molecule has 1 saturated heterocycles. The minimum atomic E-state index is -0.949. The van der Waals surface area contributed by atoms with Crippen molar-refractivity contribution in [2.75, 3.05) is 0 Å². The first-order valence-electron chi connectivity index (χ1n) is 8.53. The maximum absolute atomic E-state index is 12.8. The van der Waals surface area contributed by atoms with Gasteiger partial charge in [-0.2, -0.15) is 10.2 Å². The molecule has 2 heterocycles. The number of carbonyl (C=O) groups excluding carboxylic acids is 1. The molecule has 0 aliphatic carbocycles. The Bertz CT molecular complexity index is 717. The summed E-state index contributed by atoms with van der Waals surface area (Å²) in [6.07, 6.45) is 8.32. The molecule has 1 unspecified atom stereocenters. The largest absolute Gasteiger partial charge is 0.480 e. The first-order valence-corrected chi connectivity index (χ1v) is 8.53. The molecule has 0 spiro atoms. The van der Waals surface area contributed by atoms with Crippen LogP contribution in [0.25, 0.3) is 0 Å². The van der Waals surface area contributed by atoms with E-state index in [1.807, 2.05) is 30.3 Å². The molecule has 6 heteroatoms. The van der Waals surface area contributed by atoms with Crippen LogP contribution in [0.5, 0.6) is 0 Å². The Morgan fingerprint density at radius 1 is 1.24 bits per heavy atom. The maximum Gasteiger partial charge on any atom is 0.326 e. The molecule has 1 aromatic rings. The highest BCUT2D eigenvalue weighted by Crippen LogP contribution is 2.40. The molecule has 2 aliphatic rings. The second kappa shape index (κ2) is 7.06. The van der Waals surface area contributed by atoms with Gasteiger partial charge >= 0.3 is 5.97 Å². The summed E-state index contributed by atoms with van der Waals surface area (Å²) in [5.41, 5.74) is 0.449. The predicted molar refractivity (Wildman–Crippen MR) is 91.6 cm³/mol. The molecule has 25 heavy (non-hydrogen) atoms. The van der Waals surface area contributed by atoms with E-state index in [0.717, 1.165) is 5.56 Å². The third kappa shape index (κ3) is 3.71. The van der Waals surface area contributed by atoms with E-state index in [1.165, 1.54) is 4.90 Å². The zero-order valence-electron chi connectivity index (χ0n) is 14.0. The minimum Gasteiger partial charge on any atom is -0.480 e. The zero-order valence-corrected chi connectivity index (χ0v) is 14.0. The molecule has 1 N–H and O–H groups in total. The fourth-order valence-corrected chi connectivity index (χ4v) is 3.51. The van der Waals surface area contributed by atoms with Gasteiger partial charge in [0.25, 0.3) is 0 Å². The van der Waals surface area contributed by atoms with E-state index < -0.39 is 17.7 Å². The number of carboxylic acids is 1. The number of benzene rings is 1. The number of amides is 1. The van der Waals surface area contributed by atoms with Crippen molar-refractivity contribution in [2.45, 2.75) is 56.3 Å². The molecular formula is C19H21N3O3. The maximum atomic E-state index is 12.8. The standard InChI is InChI=1S/C19H21N3O3/c1-2-3-12-19(20-21-19)13-11-17(23)22-15(9-10-16(22)18(24)25)14-7-5-4-6-8-14/h1,4-8,15-16H,3,9-13H2,(H,24,25)/t15-,16?/m0/s1. The van der Waals surface area contributed by atoms with Crippen LogP contribution in [0.3, 0.4) is 0 Å². The Morgan fingerprint density at radius 3 is 2.56 bits per heavy atom. The van der Waals surface area contributed by atoms with Crippen LogP contribution in [0.15, 0.2) is 40.6 Å². The number of nitrogens with zero attached hydrogens (tertiary/aromatic N) is 3. The van der Waals surface area contributed by atoms with Crippen molar-refractivity contribution in [1.82, 2.24) is 4.90 Å². The number of hydrogen-bond acceptors (Lipinski definition) is 4. The number of rotatable bonds is 7. The van der Waals surface area contributed by atoms with Crippen molar-refractivity contribution >= 4 is 11.9 Å². The van der Waals surface area contributed by atoms with Gasteiger partial charge in [0, 0.05) is 25.7 Å². The fraction of sp³-hybridized carbons (Fsp3) is 0.474. The van der Waals surface area contributed by atoms with E-state index >= 15 is 0 Å². The number of aliphatic carboxylic acids is 1. The summed E-state index contributed by atoms with van der Waals surface area (Å²) in [4.78, 5) is 26.0. The third-order valence-electron chi connectivity index (χ3n) is 4.93. The predicted octanol–water partition coefficient (Wildman–Crippen LogP) is 3.16. The van der Waals surface area contributed by atoms with Gasteiger partial charge in [-0.1, -0.05) is 30.3 Å². The minimum absolute atomic E-state index is 0.156. The van der Waals surface area contributed by atoms with Gasteiger partial charge in [-0.25, -0.2) is 4.79 Å². The van der Waals surface area contributed by atoms with E-state index in [-0.39, 0.29) is 18.4 Å². The lowest BCUT2D eigenvalue weighted by molar-refractivity contribution is -0.149. The Morgan fingerprint density at radius 2 is 1.96 bits per heavy atom. The van der Waals surface area contributed by atoms with Gasteiger partial charge in [0.05, 0.1) is 6.04 Å². The van der Waals surface area contributed by atoms with Crippen molar-refractivity contribution in [3.05, 3.63) is 35.9 Å². The number of terminal acetylenes is 1. The number of likely N-dealkylation sites (tertiary alicyclic amines) is 1. The second-order valence-electron chi connectivity index (χ2n) is 6.55. The molecular weight excluding hydrogens is 318 g/mol. The average molecular weight is 339 g/mol. The zero-order chi connectivity index (χ0) is 17.9. The van der Waals surface area contributed by atoms with Gasteiger partial charge in [0.2, 0.25) is 5.91 Å². The smallest absolute Gasteiger partial charge is 0.326 e. The Hall–Kier alpha value is -2.68. The van der Waals surface area contributed by atoms with Crippen molar-refractivity contribution in [1.29, 1.82) is 0 Å². The van der Waals surface area contributed by atoms with Gasteiger partial charge < -0.3 is 10.0 Å². The van der Waals surface area contributed by atoms with Crippen LogP contribution in [0, 0.1) is 12.3 Å². The summed E-state index contributed by atoms with van der Waals surface area (Å²) in [6, 6.07) is 8.64. The van der Waals surface area contributed by atoms with Crippen LogP contribution in [0.2, 0.25) is 0 Å². The highest BCUT2D eigenvalue weighted by Gasteiger charge is 2.44. The topological polar surface area (TPSA) is 82.3 Å². The van der Waals surface area contributed by atoms with Crippen LogP contribution < -0.4 is 0 Å². The molecule has 0 bridgehead atoms. The van der Waals surface area contributed by atoms with E-state index in [9.17, 15) is 14.7 Å².